The van der Waals surface area contributed by atoms with Gasteiger partial charge in [0.25, 0.3) is 0 Å². The van der Waals surface area contributed by atoms with Crippen LogP contribution in [0.1, 0.15) is 59.6 Å². The topological polar surface area (TPSA) is 79.3 Å². The molecule has 0 bridgehead atoms. The summed E-state index contributed by atoms with van der Waals surface area (Å²) in [5.74, 6) is 1.07. The molecular weight excluding hydrogens is 550 g/mol. The highest BCUT2D eigenvalue weighted by atomic mass is 32.2. The fraction of sp³-hybridized carbons (Fsp3) is 0.394. The average molecular weight is 589 g/mol. The Morgan fingerprint density at radius 2 is 1.57 bits per heavy atom. The van der Waals surface area contributed by atoms with Gasteiger partial charge in [0.15, 0.2) is 5.76 Å². The molecule has 0 fully saturated rings. The summed E-state index contributed by atoms with van der Waals surface area (Å²) in [7, 11) is 1.84. The summed E-state index contributed by atoms with van der Waals surface area (Å²) >= 11 is 1.02. The molecule has 4 aliphatic rings. The van der Waals surface area contributed by atoms with Crippen molar-refractivity contribution in [2.24, 2.45) is 7.05 Å². The number of rotatable bonds is 6. The van der Waals surface area contributed by atoms with Crippen LogP contribution in [0.4, 0.5) is 11.4 Å². The van der Waals surface area contributed by atoms with Gasteiger partial charge in [0, 0.05) is 65.2 Å². The van der Waals surface area contributed by atoms with Crippen LogP contribution in [0.3, 0.4) is 0 Å². The van der Waals surface area contributed by atoms with Crippen molar-refractivity contribution in [2.45, 2.75) is 59.5 Å². The molecule has 0 unspecified atom stereocenters. The highest BCUT2D eigenvalue weighted by Crippen LogP contribution is 2.45. The molecule has 42 heavy (non-hydrogen) atoms. The van der Waals surface area contributed by atoms with E-state index in [0.717, 1.165) is 75.1 Å². The van der Waals surface area contributed by atoms with Gasteiger partial charge in [-0.1, -0.05) is 17.2 Å². The third-order valence-corrected chi connectivity index (χ3v) is 9.49. The molecule has 0 atom stereocenters. The monoisotopic (exact) mass is 588 g/mol. The third-order valence-electron chi connectivity index (χ3n) is 8.91. The maximum Gasteiger partial charge on any atom is 0.423 e. The predicted molar refractivity (Wildman–Crippen MR) is 171 cm³/mol. The van der Waals surface area contributed by atoms with Gasteiger partial charge < -0.3 is 14.2 Å². The van der Waals surface area contributed by atoms with E-state index in [1.165, 1.54) is 5.57 Å². The Hall–Kier alpha value is -3.37. The fourth-order valence-corrected chi connectivity index (χ4v) is 7.61. The number of fused-ring (bicyclic) bond motifs is 6. The molecule has 220 valence electrons. The van der Waals surface area contributed by atoms with E-state index in [1.807, 2.05) is 13.1 Å². The van der Waals surface area contributed by atoms with Crippen molar-refractivity contribution in [1.29, 1.82) is 0 Å². The number of nitrogens with zero attached hydrogens (tertiary/aromatic N) is 3. The van der Waals surface area contributed by atoms with E-state index >= 15 is 0 Å². The van der Waals surface area contributed by atoms with Gasteiger partial charge in [-0.2, -0.15) is 4.57 Å². The molecule has 1 N–H and O–H groups in total. The smallest absolute Gasteiger partial charge is 0.423 e. The number of aromatic nitrogens is 1. The number of aryl methyl sites for hydroxylation is 1. The molecule has 4 aliphatic heterocycles. The van der Waals surface area contributed by atoms with Crippen LogP contribution in [0.2, 0.25) is 0 Å². The molecule has 0 saturated carbocycles. The minimum Gasteiger partial charge on any atom is -0.455 e. The minimum absolute atomic E-state index is 0.0951. The zero-order chi connectivity index (χ0) is 30.1. The molecule has 9 heteroatoms. The summed E-state index contributed by atoms with van der Waals surface area (Å²) in [6.07, 6.45) is 4.53. The lowest BCUT2D eigenvalue weighted by atomic mass is 9.87. The Labute approximate surface area is 250 Å². The van der Waals surface area contributed by atoms with Crippen molar-refractivity contribution in [3.8, 4) is 11.3 Å². The van der Waals surface area contributed by atoms with Gasteiger partial charge in [-0.25, -0.2) is 10.1 Å². The van der Waals surface area contributed by atoms with Crippen molar-refractivity contribution in [3.63, 3.8) is 0 Å². The number of hydrogen-bond donors (Lipinski definition) is 1. The molecule has 2 aromatic rings. The highest BCUT2D eigenvalue weighted by Gasteiger charge is 2.35. The van der Waals surface area contributed by atoms with E-state index in [4.69, 9.17) is 14.0 Å². The van der Waals surface area contributed by atoms with Gasteiger partial charge in [-0.05, 0) is 77.8 Å². The molecule has 8 nitrogen and oxygen atoms in total. The summed E-state index contributed by atoms with van der Waals surface area (Å²) < 4.78 is 13.1. The molecule has 2 aromatic carbocycles. The van der Waals surface area contributed by atoms with Crippen molar-refractivity contribution >= 4 is 56.4 Å². The van der Waals surface area contributed by atoms with Crippen LogP contribution in [0.25, 0.3) is 44.3 Å². The number of pyridine rings is 1. The lowest BCUT2D eigenvalue weighted by molar-refractivity contribution is -0.658. The Bertz CT molecular complexity index is 1840. The van der Waals surface area contributed by atoms with Crippen molar-refractivity contribution in [2.75, 3.05) is 28.6 Å². The first-order valence-corrected chi connectivity index (χ1v) is 15.3. The number of benzene rings is 2. The quantitative estimate of drug-likeness (QED) is 0.0492. The second-order valence-corrected chi connectivity index (χ2v) is 13.0. The lowest BCUT2D eigenvalue weighted by Gasteiger charge is -2.43. The van der Waals surface area contributed by atoms with Gasteiger partial charge in [-0.3, -0.25) is 0 Å². The second kappa shape index (κ2) is 10.1. The lowest BCUT2D eigenvalue weighted by Crippen LogP contribution is -2.48. The Balaban J connectivity index is 1.63. The largest absolute Gasteiger partial charge is 0.455 e. The minimum atomic E-state index is -0.257. The van der Waals surface area contributed by atoms with Crippen LogP contribution < -0.4 is 19.9 Å². The molecule has 6 rings (SSSR count). The predicted octanol–water partition coefficient (Wildman–Crippen LogP) is 6.97. The maximum absolute atomic E-state index is 13.8. The van der Waals surface area contributed by atoms with Crippen LogP contribution in [0.5, 0.6) is 0 Å². The van der Waals surface area contributed by atoms with Crippen LogP contribution >= 0.6 is 12.0 Å². The normalized spacial score (nSPS) is 17.5. The van der Waals surface area contributed by atoms with Crippen LogP contribution in [-0.2, 0) is 16.4 Å². The van der Waals surface area contributed by atoms with E-state index in [-0.39, 0.29) is 16.6 Å². The molecule has 4 heterocycles. The average Bonchev–Trinajstić information content (AvgIpc) is 2.93. The molecular formula is C33H38N3O5S+. The van der Waals surface area contributed by atoms with Crippen molar-refractivity contribution < 1.29 is 23.6 Å². The molecule has 0 spiro atoms. The molecule has 0 radical (unpaired) electrons. The number of allylic oxidation sites excluding steroid dienone is 1. The number of hydrogen-bond acceptors (Lipinski definition) is 8. The summed E-state index contributed by atoms with van der Waals surface area (Å²) in [6, 6.07) is 10.5. The zero-order valence-electron chi connectivity index (χ0n) is 25.5. The van der Waals surface area contributed by atoms with E-state index < -0.39 is 0 Å². The van der Waals surface area contributed by atoms with E-state index in [9.17, 15) is 4.79 Å². The number of likely N-dealkylation sites (N-methyl/N-ethyl adjacent to an activating group) is 2. The van der Waals surface area contributed by atoms with E-state index in [2.05, 4.69) is 99.7 Å². The summed E-state index contributed by atoms with van der Waals surface area (Å²) in [5.41, 5.74) is 8.26. The zero-order valence-corrected chi connectivity index (χ0v) is 26.3. The van der Waals surface area contributed by atoms with Crippen LogP contribution in [-0.4, -0.2) is 35.2 Å². The maximum atomic E-state index is 13.8. The van der Waals surface area contributed by atoms with Crippen molar-refractivity contribution in [1.82, 2.24) is 0 Å². The molecule has 0 aliphatic carbocycles. The van der Waals surface area contributed by atoms with Gasteiger partial charge in [0.05, 0.1) is 22.2 Å². The first kappa shape index (κ1) is 28.7. The SMILES string of the molecule is CCN1c2cc3c(cc2C(C)=CC1(C)C)c1oc2cc4c(cc2cc-1c(=O)[n+]3C)C(CSOOO)=CC(C)(C)N4CC. The number of anilines is 2. The van der Waals surface area contributed by atoms with E-state index in [0.29, 0.717) is 17.1 Å². The molecule has 0 amide bonds. The summed E-state index contributed by atoms with van der Waals surface area (Å²) in [4.78, 5) is 18.5. The fourth-order valence-electron chi connectivity index (χ4n) is 7.15. The Morgan fingerprint density at radius 3 is 2.24 bits per heavy atom. The van der Waals surface area contributed by atoms with Crippen LogP contribution in [0.15, 0.2) is 51.7 Å². The van der Waals surface area contributed by atoms with Crippen molar-refractivity contribution in [3.05, 3.63) is 64.0 Å². The highest BCUT2D eigenvalue weighted by molar-refractivity contribution is 7.95. The van der Waals surface area contributed by atoms with Gasteiger partial charge >= 0.3 is 5.56 Å². The summed E-state index contributed by atoms with van der Waals surface area (Å²) in [6.45, 7) is 16.9. The third kappa shape index (κ3) is 4.33. The standard InChI is InChI=1S/C33H37N3O5S/c1-9-35-27-14-26-24(13-22(27)19(3)16-32(35,4)5)30-25(31(37)34(26)8)12-20-11-23-21(18-42-41-40-38)17-33(6,7)36(10-2)28(23)15-29(20)39-30/h11-17H,9-10,18H2,1-8H3/p+1. The Morgan fingerprint density at radius 1 is 0.929 bits per heavy atom. The van der Waals surface area contributed by atoms with Gasteiger partial charge in [0.1, 0.15) is 18.2 Å². The second-order valence-electron chi connectivity index (χ2n) is 12.3. The van der Waals surface area contributed by atoms with Gasteiger partial charge in [0.2, 0.25) is 5.52 Å². The summed E-state index contributed by atoms with van der Waals surface area (Å²) in [5, 5.41) is 14.2. The molecule has 0 saturated heterocycles. The van der Waals surface area contributed by atoms with Gasteiger partial charge in [-0.15, -0.1) is 4.33 Å². The first-order chi connectivity index (χ1) is 19.9. The van der Waals surface area contributed by atoms with E-state index in [1.54, 1.807) is 4.57 Å². The Kier molecular flexibility index (Phi) is 6.92. The molecule has 0 aromatic heterocycles. The first-order valence-electron chi connectivity index (χ1n) is 14.4. The van der Waals surface area contributed by atoms with Crippen LogP contribution in [0, 0.1) is 0 Å².